The zero-order chi connectivity index (χ0) is 14.1. The van der Waals surface area contributed by atoms with Gasteiger partial charge in [0.2, 0.25) is 0 Å². The van der Waals surface area contributed by atoms with Gasteiger partial charge in [-0.15, -0.1) is 11.3 Å². The van der Waals surface area contributed by atoms with Gasteiger partial charge in [-0.1, -0.05) is 18.2 Å². The summed E-state index contributed by atoms with van der Waals surface area (Å²) in [5.41, 5.74) is 10.6. The summed E-state index contributed by atoms with van der Waals surface area (Å²) < 4.78 is 0. The van der Waals surface area contributed by atoms with Gasteiger partial charge in [-0.3, -0.25) is 5.01 Å². The number of nitrogens with two attached hydrogens (primary N) is 1. The van der Waals surface area contributed by atoms with Crippen molar-refractivity contribution in [2.24, 2.45) is 10.8 Å². The molecule has 0 amide bonds. The monoisotopic (exact) mass is 285 g/mol. The predicted molar refractivity (Wildman–Crippen MR) is 86.6 cm³/mol. The molecule has 0 radical (unpaired) electrons. The molecule has 1 unspecified atom stereocenters. The smallest absolute Gasteiger partial charge is 0.0920 e. The number of hydrazone groups is 1. The van der Waals surface area contributed by atoms with Crippen LogP contribution in [0.2, 0.25) is 0 Å². The molecule has 2 N–H and O–H groups in total. The van der Waals surface area contributed by atoms with Crippen LogP contribution in [0.1, 0.15) is 28.5 Å². The van der Waals surface area contributed by atoms with E-state index in [1.807, 2.05) is 0 Å². The number of hydrogen-bond donors (Lipinski definition) is 1. The summed E-state index contributed by atoms with van der Waals surface area (Å²) >= 11 is 1.79. The highest BCUT2D eigenvalue weighted by Gasteiger charge is 2.30. The minimum absolute atomic E-state index is 0.286. The third-order valence-corrected chi connectivity index (χ3v) is 4.67. The summed E-state index contributed by atoms with van der Waals surface area (Å²) in [7, 11) is 0. The zero-order valence-corrected chi connectivity index (χ0v) is 12.7. The van der Waals surface area contributed by atoms with Crippen molar-refractivity contribution < 1.29 is 0 Å². The summed E-state index contributed by atoms with van der Waals surface area (Å²) in [4.78, 5) is 1.35. The number of nitrogens with zero attached hydrogens (tertiary/aromatic N) is 2. The lowest BCUT2D eigenvalue weighted by Crippen LogP contribution is -2.18. The van der Waals surface area contributed by atoms with Crippen LogP contribution in [0, 0.1) is 13.8 Å². The van der Waals surface area contributed by atoms with Gasteiger partial charge in [0.15, 0.2) is 0 Å². The summed E-state index contributed by atoms with van der Waals surface area (Å²) in [5.74, 6) is 0. The van der Waals surface area contributed by atoms with E-state index in [2.05, 4.69) is 54.6 Å². The van der Waals surface area contributed by atoms with Gasteiger partial charge in [0.05, 0.1) is 17.4 Å². The number of rotatable bonds is 3. The lowest BCUT2D eigenvalue weighted by atomic mass is 10.1. The van der Waals surface area contributed by atoms with E-state index < -0.39 is 0 Å². The van der Waals surface area contributed by atoms with Crippen LogP contribution in [-0.4, -0.2) is 12.3 Å². The molecule has 3 nitrogen and oxygen atoms in total. The van der Waals surface area contributed by atoms with Crippen molar-refractivity contribution in [2.75, 3.05) is 11.6 Å². The van der Waals surface area contributed by atoms with Gasteiger partial charge < -0.3 is 5.73 Å². The Balaban J connectivity index is 2.03. The molecule has 0 bridgehead atoms. The van der Waals surface area contributed by atoms with Crippen LogP contribution in [-0.2, 0) is 0 Å². The van der Waals surface area contributed by atoms with Crippen LogP contribution in [0.15, 0.2) is 40.8 Å². The van der Waals surface area contributed by atoms with Crippen molar-refractivity contribution in [3.63, 3.8) is 0 Å². The fraction of sp³-hybridized carbons (Fsp3) is 0.312. The normalized spacial score (nSPS) is 18.4. The molecule has 4 heteroatoms. The largest absolute Gasteiger partial charge is 0.325 e. The van der Waals surface area contributed by atoms with Gasteiger partial charge in [-0.25, -0.2) is 0 Å². The first-order valence-corrected chi connectivity index (χ1v) is 7.73. The summed E-state index contributed by atoms with van der Waals surface area (Å²) in [6.07, 6.45) is 0.921. The van der Waals surface area contributed by atoms with Crippen LogP contribution < -0.4 is 10.7 Å². The lowest BCUT2D eigenvalue weighted by molar-refractivity contribution is 0.719. The van der Waals surface area contributed by atoms with Gasteiger partial charge in [0.1, 0.15) is 0 Å². The third-order valence-electron chi connectivity index (χ3n) is 3.69. The third kappa shape index (κ3) is 2.37. The molecule has 0 aliphatic carbocycles. The molecule has 2 heterocycles. The second-order valence-corrected chi connectivity index (χ2v) is 6.22. The molecule has 1 aliphatic rings. The number of anilines is 1. The van der Waals surface area contributed by atoms with E-state index in [1.54, 1.807) is 11.3 Å². The molecule has 0 fully saturated rings. The van der Waals surface area contributed by atoms with E-state index in [9.17, 15) is 0 Å². The van der Waals surface area contributed by atoms with Crippen molar-refractivity contribution in [3.8, 4) is 0 Å². The number of hydrogen-bond acceptors (Lipinski definition) is 4. The average Bonchev–Trinajstić information content (AvgIpc) is 3.09. The fourth-order valence-electron chi connectivity index (χ4n) is 2.59. The minimum atomic E-state index is 0.286. The van der Waals surface area contributed by atoms with Crippen LogP contribution in [0.3, 0.4) is 0 Å². The Morgan fingerprint density at radius 1 is 1.35 bits per heavy atom. The molecule has 20 heavy (non-hydrogen) atoms. The molecule has 0 spiro atoms. The SMILES string of the molecule is Cc1ccc(C)c(N2N=C(CN)CC2c2cccs2)c1. The van der Waals surface area contributed by atoms with Crippen molar-refractivity contribution in [3.05, 3.63) is 51.7 Å². The van der Waals surface area contributed by atoms with Crippen molar-refractivity contribution in [2.45, 2.75) is 26.3 Å². The zero-order valence-electron chi connectivity index (χ0n) is 11.8. The van der Waals surface area contributed by atoms with E-state index in [-0.39, 0.29) is 6.04 Å². The van der Waals surface area contributed by atoms with E-state index in [0.29, 0.717) is 6.54 Å². The molecule has 0 saturated heterocycles. The lowest BCUT2D eigenvalue weighted by Gasteiger charge is -2.24. The van der Waals surface area contributed by atoms with Crippen LogP contribution in [0.4, 0.5) is 5.69 Å². The van der Waals surface area contributed by atoms with Crippen LogP contribution in [0.25, 0.3) is 0 Å². The van der Waals surface area contributed by atoms with Crippen molar-refractivity contribution in [1.29, 1.82) is 0 Å². The minimum Gasteiger partial charge on any atom is -0.325 e. The topological polar surface area (TPSA) is 41.6 Å². The Hall–Kier alpha value is -1.65. The molecule has 1 aromatic carbocycles. The van der Waals surface area contributed by atoms with E-state index in [0.717, 1.165) is 12.1 Å². The first-order chi connectivity index (χ1) is 9.69. The molecule has 3 rings (SSSR count). The quantitative estimate of drug-likeness (QED) is 0.935. The predicted octanol–water partition coefficient (Wildman–Crippen LogP) is 3.63. The van der Waals surface area contributed by atoms with E-state index in [1.165, 1.54) is 21.7 Å². The summed E-state index contributed by atoms with van der Waals surface area (Å²) in [6, 6.07) is 11.1. The highest BCUT2D eigenvalue weighted by molar-refractivity contribution is 7.10. The van der Waals surface area contributed by atoms with Crippen molar-refractivity contribution in [1.82, 2.24) is 0 Å². The molecule has 1 atom stereocenters. The van der Waals surface area contributed by atoms with Gasteiger partial charge in [-0.2, -0.15) is 5.10 Å². The highest BCUT2D eigenvalue weighted by atomic mass is 32.1. The van der Waals surface area contributed by atoms with Crippen LogP contribution in [0.5, 0.6) is 0 Å². The first-order valence-electron chi connectivity index (χ1n) is 6.85. The first kappa shape index (κ1) is 13.3. The number of aryl methyl sites for hydroxylation is 2. The van der Waals surface area contributed by atoms with Crippen molar-refractivity contribution >= 4 is 22.7 Å². The number of thiophene rings is 1. The van der Waals surface area contributed by atoms with Gasteiger partial charge >= 0.3 is 0 Å². The van der Waals surface area contributed by atoms with Gasteiger partial charge in [0.25, 0.3) is 0 Å². The summed E-state index contributed by atoms with van der Waals surface area (Å²) in [5, 5.41) is 9.02. The standard InChI is InChI=1S/C16H19N3S/c1-11-5-6-12(2)14(8-11)19-15(9-13(10-17)18-19)16-4-3-7-20-16/h3-8,15H,9-10,17H2,1-2H3. The Morgan fingerprint density at radius 3 is 2.90 bits per heavy atom. The fourth-order valence-corrected chi connectivity index (χ4v) is 3.40. The molecule has 1 aromatic heterocycles. The van der Waals surface area contributed by atoms with Crippen LogP contribution >= 0.6 is 11.3 Å². The maximum absolute atomic E-state index is 5.80. The second kappa shape index (κ2) is 5.38. The molecule has 0 saturated carbocycles. The summed E-state index contributed by atoms with van der Waals surface area (Å²) in [6.45, 7) is 4.78. The van der Waals surface area contributed by atoms with E-state index >= 15 is 0 Å². The van der Waals surface area contributed by atoms with Gasteiger partial charge in [-0.05, 0) is 42.5 Å². The average molecular weight is 285 g/mol. The highest BCUT2D eigenvalue weighted by Crippen LogP contribution is 2.38. The van der Waals surface area contributed by atoms with E-state index in [4.69, 9.17) is 10.8 Å². The second-order valence-electron chi connectivity index (χ2n) is 5.24. The molecule has 1 aliphatic heterocycles. The molecular formula is C16H19N3S. The molecule has 104 valence electrons. The molecular weight excluding hydrogens is 266 g/mol. The Labute approximate surface area is 123 Å². The Morgan fingerprint density at radius 2 is 2.20 bits per heavy atom. The number of benzene rings is 1. The van der Waals surface area contributed by atoms with Gasteiger partial charge in [0, 0.05) is 17.8 Å². The molecule has 2 aromatic rings. The maximum atomic E-state index is 5.80. The Bertz CT molecular complexity index is 631. The maximum Gasteiger partial charge on any atom is 0.0920 e. The Kier molecular flexibility index (Phi) is 3.59.